The van der Waals surface area contributed by atoms with Crippen LogP contribution in [0, 0.1) is 0 Å². The van der Waals surface area contributed by atoms with Crippen LogP contribution in [0.2, 0.25) is 0 Å². The van der Waals surface area contributed by atoms with Crippen LogP contribution in [0.5, 0.6) is 5.75 Å². The number of methoxy groups -OCH3 is 1. The van der Waals surface area contributed by atoms with E-state index in [0.717, 1.165) is 18.6 Å². The molecule has 0 spiro atoms. The van der Waals surface area contributed by atoms with E-state index in [4.69, 9.17) is 4.74 Å². The molecule has 1 heterocycles. The zero-order valence-corrected chi connectivity index (χ0v) is 16.9. The van der Waals surface area contributed by atoms with Gasteiger partial charge in [0.1, 0.15) is 5.75 Å². The van der Waals surface area contributed by atoms with Gasteiger partial charge in [0.05, 0.1) is 7.11 Å². The molecule has 1 aromatic heterocycles. The fourth-order valence-electron chi connectivity index (χ4n) is 3.45. The number of ether oxygens (including phenoxy) is 1. The smallest absolute Gasteiger partial charge is 0.122 e. The Morgan fingerprint density at radius 3 is 2.33 bits per heavy atom. The number of unbranched alkanes of at least 4 members (excludes halogenated alkanes) is 1. The zero-order valence-electron chi connectivity index (χ0n) is 16.1. The van der Waals surface area contributed by atoms with Crippen LogP contribution in [-0.2, 0) is 12.8 Å². The van der Waals surface area contributed by atoms with Gasteiger partial charge in [0.2, 0.25) is 0 Å². The molecule has 0 radical (unpaired) electrons. The maximum Gasteiger partial charge on any atom is 0.122 e. The summed E-state index contributed by atoms with van der Waals surface area (Å²) in [5.74, 6) is 1.32. The van der Waals surface area contributed by atoms with Gasteiger partial charge in [-0.2, -0.15) is 0 Å². The van der Waals surface area contributed by atoms with Gasteiger partial charge in [0.25, 0.3) is 0 Å². The number of hydrogen-bond donors (Lipinski definition) is 0. The first-order chi connectivity index (χ1) is 12.8. The third-order valence-corrected chi connectivity index (χ3v) is 4.90. The van der Waals surface area contributed by atoms with E-state index in [1.54, 1.807) is 7.11 Å². The first-order valence-electron chi connectivity index (χ1n) is 9.42. The molecule has 3 rings (SSSR count). The lowest BCUT2D eigenvalue weighted by Crippen LogP contribution is -2.06. The molecule has 1 atom stereocenters. The number of nitrogens with zero attached hydrogens (tertiary/aromatic N) is 1. The SMILES string of the molecule is CCCCc1cc(C(Cc2ccncc2)c2ccccc2)ccc1OC.Cl. The quantitative estimate of drug-likeness (QED) is 0.461. The summed E-state index contributed by atoms with van der Waals surface area (Å²) < 4.78 is 5.59. The van der Waals surface area contributed by atoms with E-state index in [2.05, 4.69) is 72.6 Å². The molecule has 0 fully saturated rings. The van der Waals surface area contributed by atoms with E-state index in [0.29, 0.717) is 5.92 Å². The van der Waals surface area contributed by atoms with Crippen molar-refractivity contribution in [2.24, 2.45) is 0 Å². The fourth-order valence-corrected chi connectivity index (χ4v) is 3.45. The van der Waals surface area contributed by atoms with Crippen molar-refractivity contribution in [1.82, 2.24) is 4.98 Å². The molecule has 142 valence electrons. The Hall–Kier alpha value is -2.32. The topological polar surface area (TPSA) is 22.1 Å². The number of halogens is 1. The summed E-state index contributed by atoms with van der Waals surface area (Å²) in [4.78, 5) is 4.15. The van der Waals surface area contributed by atoms with Crippen LogP contribution in [-0.4, -0.2) is 12.1 Å². The lowest BCUT2D eigenvalue weighted by molar-refractivity contribution is 0.408. The predicted molar refractivity (Wildman–Crippen MR) is 115 cm³/mol. The van der Waals surface area contributed by atoms with Crippen molar-refractivity contribution < 1.29 is 4.74 Å². The molecule has 1 unspecified atom stereocenters. The minimum atomic E-state index is 0. The van der Waals surface area contributed by atoms with Crippen LogP contribution in [0.3, 0.4) is 0 Å². The summed E-state index contributed by atoms with van der Waals surface area (Å²) >= 11 is 0. The average Bonchev–Trinajstić information content (AvgIpc) is 2.71. The van der Waals surface area contributed by atoms with Crippen molar-refractivity contribution in [3.63, 3.8) is 0 Å². The first-order valence-corrected chi connectivity index (χ1v) is 9.42. The molecule has 0 bridgehead atoms. The van der Waals surface area contributed by atoms with Crippen LogP contribution < -0.4 is 4.74 Å². The minimum absolute atomic E-state index is 0. The third-order valence-electron chi connectivity index (χ3n) is 4.90. The maximum absolute atomic E-state index is 5.59. The van der Waals surface area contributed by atoms with Gasteiger partial charge in [-0.05, 0) is 59.7 Å². The summed E-state index contributed by atoms with van der Waals surface area (Å²) in [5, 5.41) is 0. The van der Waals surface area contributed by atoms with Gasteiger partial charge in [-0.1, -0.05) is 55.8 Å². The van der Waals surface area contributed by atoms with Crippen molar-refractivity contribution in [3.8, 4) is 5.75 Å². The van der Waals surface area contributed by atoms with Crippen molar-refractivity contribution in [3.05, 3.63) is 95.3 Å². The molecule has 0 saturated heterocycles. The summed E-state index contributed by atoms with van der Waals surface area (Å²) in [6.07, 6.45) is 8.14. The van der Waals surface area contributed by atoms with E-state index < -0.39 is 0 Å². The number of aryl methyl sites for hydroxylation is 1. The van der Waals surface area contributed by atoms with Gasteiger partial charge < -0.3 is 4.74 Å². The second-order valence-corrected chi connectivity index (χ2v) is 6.70. The monoisotopic (exact) mass is 381 g/mol. The van der Waals surface area contributed by atoms with E-state index >= 15 is 0 Å². The Labute approximate surface area is 169 Å². The molecule has 0 saturated carbocycles. The predicted octanol–water partition coefficient (Wildman–Crippen LogP) is 6.23. The second-order valence-electron chi connectivity index (χ2n) is 6.70. The fraction of sp³-hybridized carbons (Fsp3) is 0.292. The molecule has 0 aliphatic heterocycles. The van der Waals surface area contributed by atoms with E-state index in [1.165, 1.54) is 35.1 Å². The van der Waals surface area contributed by atoms with Gasteiger partial charge in [-0.3, -0.25) is 4.98 Å². The molecule has 0 N–H and O–H groups in total. The maximum atomic E-state index is 5.59. The molecule has 0 aliphatic carbocycles. The number of rotatable bonds is 8. The minimum Gasteiger partial charge on any atom is -0.496 e. The summed E-state index contributed by atoms with van der Waals surface area (Å²) in [6.45, 7) is 2.23. The zero-order chi connectivity index (χ0) is 18.2. The van der Waals surface area contributed by atoms with Crippen LogP contribution in [0.1, 0.15) is 47.9 Å². The van der Waals surface area contributed by atoms with Crippen LogP contribution >= 0.6 is 12.4 Å². The number of aromatic nitrogens is 1. The summed E-state index contributed by atoms with van der Waals surface area (Å²) in [6, 6.07) is 21.7. The summed E-state index contributed by atoms with van der Waals surface area (Å²) in [5.41, 5.74) is 5.30. The number of benzene rings is 2. The number of hydrogen-bond acceptors (Lipinski definition) is 2. The molecule has 0 aliphatic rings. The van der Waals surface area contributed by atoms with Gasteiger partial charge >= 0.3 is 0 Å². The molecule has 3 aromatic rings. The highest BCUT2D eigenvalue weighted by Gasteiger charge is 2.17. The van der Waals surface area contributed by atoms with Crippen molar-refractivity contribution in [1.29, 1.82) is 0 Å². The number of pyridine rings is 1. The highest BCUT2D eigenvalue weighted by atomic mass is 35.5. The van der Waals surface area contributed by atoms with Crippen LogP contribution in [0.25, 0.3) is 0 Å². The summed E-state index contributed by atoms with van der Waals surface area (Å²) in [7, 11) is 1.76. The molecule has 27 heavy (non-hydrogen) atoms. The Morgan fingerprint density at radius 1 is 0.926 bits per heavy atom. The van der Waals surface area contributed by atoms with E-state index in [-0.39, 0.29) is 12.4 Å². The molecule has 2 aromatic carbocycles. The van der Waals surface area contributed by atoms with Crippen LogP contribution in [0.4, 0.5) is 0 Å². The van der Waals surface area contributed by atoms with Gasteiger partial charge in [0, 0.05) is 18.3 Å². The van der Waals surface area contributed by atoms with Crippen molar-refractivity contribution in [2.75, 3.05) is 7.11 Å². The molecule has 2 nitrogen and oxygen atoms in total. The lowest BCUT2D eigenvalue weighted by atomic mass is 9.85. The van der Waals surface area contributed by atoms with Crippen LogP contribution in [0.15, 0.2) is 73.1 Å². The molecule has 0 amide bonds. The first kappa shape index (κ1) is 21.0. The highest BCUT2D eigenvalue weighted by Crippen LogP contribution is 2.32. The van der Waals surface area contributed by atoms with Gasteiger partial charge in [-0.25, -0.2) is 0 Å². The second kappa shape index (κ2) is 10.7. The Bertz CT molecular complexity index is 805. The average molecular weight is 382 g/mol. The largest absolute Gasteiger partial charge is 0.496 e. The van der Waals surface area contributed by atoms with E-state index in [9.17, 15) is 0 Å². The molecular formula is C24H28ClNO. The van der Waals surface area contributed by atoms with Gasteiger partial charge in [0.15, 0.2) is 0 Å². The van der Waals surface area contributed by atoms with E-state index in [1.807, 2.05) is 12.4 Å². The van der Waals surface area contributed by atoms with Crippen molar-refractivity contribution >= 4 is 12.4 Å². The highest BCUT2D eigenvalue weighted by molar-refractivity contribution is 5.85. The normalized spacial score (nSPS) is 11.5. The van der Waals surface area contributed by atoms with Crippen molar-refractivity contribution in [2.45, 2.75) is 38.5 Å². The third kappa shape index (κ3) is 5.58. The standard InChI is InChI=1S/C24H27NO.ClH/c1-3-4-8-22-18-21(11-12-24(22)26-2)23(20-9-6-5-7-10-20)17-19-13-15-25-16-14-19;/h5-7,9-16,18,23H,3-4,8,17H2,1-2H3;1H. The Kier molecular flexibility index (Phi) is 8.35. The molecular weight excluding hydrogens is 354 g/mol. The Morgan fingerprint density at radius 2 is 1.67 bits per heavy atom. The Balaban J connectivity index is 0.00000261. The molecule has 3 heteroatoms. The lowest BCUT2D eigenvalue weighted by Gasteiger charge is -2.20. The van der Waals surface area contributed by atoms with Gasteiger partial charge in [-0.15, -0.1) is 12.4 Å².